The maximum atomic E-state index is 13.0. The first-order valence-electron chi connectivity index (χ1n) is 9.49. The van der Waals surface area contributed by atoms with Crippen molar-refractivity contribution in [2.24, 2.45) is 5.73 Å². The van der Waals surface area contributed by atoms with Crippen molar-refractivity contribution in [3.8, 4) is 0 Å². The summed E-state index contributed by atoms with van der Waals surface area (Å²) in [7, 11) is 0. The summed E-state index contributed by atoms with van der Waals surface area (Å²) in [5, 5.41) is 3.37. The van der Waals surface area contributed by atoms with Crippen molar-refractivity contribution >= 4 is 51.2 Å². The molecular weight excluding hydrogens is 408 g/mol. The molecule has 3 aromatic heterocycles. The number of fused-ring (bicyclic) bond motifs is 3. The lowest BCUT2D eigenvalue weighted by atomic mass is 10.2. The van der Waals surface area contributed by atoms with Gasteiger partial charge < -0.3 is 10.3 Å². The van der Waals surface area contributed by atoms with E-state index < -0.39 is 0 Å². The van der Waals surface area contributed by atoms with Crippen LogP contribution in [0.4, 0.5) is 5.13 Å². The molecule has 8 nitrogen and oxygen atoms in total. The Bertz CT molecular complexity index is 1100. The van der Waals surface area contributed by atoms with Gasteiger partial charge in [0.1, 0.15) is 11.3 Å². The van der Waals surface area contributed by atoms with Gasteiger partial charge in [-0.05, 0) is 32.8 Å². The molecule has 10 heteroatoms. The zero-order valence-electron chi connectivity index (χ0n) is 16.3. The molecule has 0 unspecified atom stereocenters. The third-order valence-corrected chi connectivity index (χ3v) is 7.21. The van der Waals surface area contributed by atoms with Crippen molar-refractivity contribution in [1.82, 2.24) is 19.5 Å². The summed E-state index contributed by atoms with van der Waals surface area (Å²) in [4.78, 5) is 37.9. The Morgan fingerprint density at radius 3 is 2.86 bits per heavy atom. The molecule has 29 heavy (non-hydrogen) atoms. The van der Waals surface area contributed by atoms with E-state index in [1.54, 1.807) is 6.07 Å². The Balaban J connectivity index is 1.64. The zero-order chi connectivity index (χ0) is 20.5. The van der Waals surface area contributed by atoms with Gasteiger partial charge in [-0.1, -0.05) is 17.8 Å². The van der Waals surface area contributed by atoms with Gasteiger partial charge in [0.25, 0.3) is 5.91 Å². The van der Waals surface area contributed by atoms with E-state index in [1.807, 2.05) is 13.8 Å². The molecule has 1 aliphatic heterocycles. The van der Waals surface area contributed by atoms with Gasteiger partial charge in [0.2, 0.25) is 5.91 Å². The average Bonchev–Trinajstić information content (AvgIpc) is 3.08. The summed E-state index contributed by atoms with van der Waals surface area (Å²) in [6, 6.07) is 1.77. The number of nitrogens with one attached hydrogen (secondary N) is 1. The third-order valence-electron chi connectivity index (χ3n) is 4.76. The fraction of sp³-hybridized carbons (Fsp3) is 0.421. The molecule has 1 aliphatic rings. The van der Waals surface area contributed by atoms with E-state index in [0.717, 1.165) is 52.9 Å². The number of pyridine rings is 1. The predicted molar refractivity (Wildman–Crippen MR) is 115 cm³/mol. The molecule has 0 fully saturated rings. The number of primary amides is 1. The lowest BCUT2D eigenvalue weighted by Crippen LogP contribution is -2.13. The summed E-state index contributed by atoms with van der Waals surface area (Å²) in [6.45, 7) is 4.62. The average molecular weight is 431 g/mol. The maximum Gasteiger partial charge on any atom is 0.259 e. The highest BCUT2D eigenvalue weighted by atomic mass is 32.2. The lowest BCUT2D eigenvalue weighted by molar-refractivity contribution is -0.115. The second-order valence-corrected chi connectivity index (χ2v) is 9.32. The fourth-order valence-corrected chi connectivity index (χ4v) is 5.33. The van der Waals surface area contributed by atoms with Gasteiger partial charge in [0.05, 0.1) is 21.2 Å². The zero-order valence-corrected chi connectivity index (χ0v) is 18.0. The number of rotatable bonds is 5. The number of carbonyl (C=O) groups is 2. The van der Waals surface area contributed by atoms with Crippen LogP contribution in [-0.2, 0) is 17.8 Å². The molecule has 0 spiro atoms. The summed E-state index contributed by atoms with van der Waals surface area (Å²) >= 11 is 2.66. The Morgan fingerprint density at radius 2 is 2.07 bits per heavy atom. The summed E-state index contributed by atoms with van der Waals surface area (Å²) in [6.07, 6.45) is 4.29. The number of nitrogens with two attached hydrogens (primary N) is 1. The van der Waals surface area contributed by atoms with E-state index in [9.17, 15) is 9.59 Å². The van der Waals surface area contributed by atoms with Crippen molar-refractivity contribution < 1.29 is 9.59 Å². The minimum absolute atomic E-state index is 0.181. The number of imidazole rings is 1. The van der Waals surface area contributed by atoms with Gasteiger partial charge in [-0.15, -0.1) is 11.8 Å². The van der Waals surface area contributed by atoms with Crippen LogP contribution in [0.3, 0.4) is 0 Å². The van der Waals surface area contributed by atoms with E-state index in [1.165, 1.54) is 29.5 Å². The van der Waals surface area contributed by atoms with Crippen LogP contribution in [0, 0.1) is 13.8 Å². The summed E-state index contributed by atoms with van der Waals surface area (Å²) < 4.78 is 3.02. The molecule has 0 aliphatic carbocycles. The highest BCUT2D eigenvalue weighted by molar-refractivity contribution is 8.01. The van der Waals surface area contributed by atoms with Crippen molar-refractivity contribution in [3.63, 3.8) is 0 Å². The first-order valence-corrected chi connectivity index (χ1v) is 11.3. The molecule has 0 saturated carbocycles. The number of hydrogen-bond acceptors (Lipinski definition) is 7. The normalized spacial score (nSPS) is 13.9. The van der Waals surface area contributed by atoms with Crippen LogP contribution in [0.15, 0.2) is 10.3 Å². The molecule has 4 heterocycles. The molecule has 2 amide bonds. The minimum Gasteiger partial charge on any atom is -0.369 e. The topological polar surface area (TPSA) is 116 Å². The molecule has 3 N–H and O–H groups in total. The summed E-state index contributed by atoms with van der Waals surface area (Å²) in [5.41, 5.74) is 8.68. The molecule has 0 saturated heterocycles. The molecular formula is C19H22N6O2S2. The van der Waals surface area contributed by atoms with E-state index in [4.69, 9.17) is 10.7 Å². The number of amides is 2. The van der Waals surface area contributed by atoms with Gasteiger partial charge in [0, 0.05) is 18.7 Å². The number of aryl methyl sites for hydroxylation is 4. The molecule has 0 bridgehead atoms. The Morgan fingerprint density at radius 1 is 1.24 bits per heavy atom. The number of anilines is 1. The number of aromatic nitrogens is 4. The van der Waals surface area contributed by atoms with Gasteiger partial charge in [0.15, 0.2) is 10.8 Å². The number of carbonyl (C=O) groups excluding carboxylic acids is 2. The fourth-order valence-electron chi connectivity index (χ4n) is 3.46. The van der Waals surface area contributed by atoms with E-state index >= 15 is 0 Å². The van der Waals surface area contributed by atoms with Gasteiger partial charge in [-0.25, -0.2) is 15.0 Å². The Labute approximate surface area is 176 Å². The third kappa shape index (κ3) is 4.13. The van der Waals surface area contributed by atoms with Crippen molar-refractivity contribution in [3.05, 3.63) is 28.8 Å². The SMILES string of the molecule is Cc1cc(C(=O)Nc2nc(C)c(SCC(N)=O)s2)c2nc3n(c2n1)CCCCC3. The van der Waals surface area contributed by atoms with Gasteiger partial charge in [-0.2, -0.15) is 0 Å². The second-order valence-electron chi connectivity index (χ2n) is 7.07. The van der Waals surface area contributed by atoms with Crippen LogP contribution in [0.1, 0.15) is 46.8 Å². The number of thiazole rings is 1. The van der Waals surface area contributed by atoms with E-state index in [0.29, 0.717) is 16.2 Å². The molecule has 0 radical (unpaired) electrons. The molecule has 0 atom stereocenters. The lowest BCUT2D eigenvalue weighted by Gasteiger charge is -2.06. The first kappa shape index (κ1) is 19.8. The van der Waals surface area contributed by atoms with Crippen LogP contribution in [-0.4, -0.2) is 37.1 Å². The minimum atomic E-state index is -0.386. The van der Waals surface area contributed by atoms with Gasteiger partial charge in [-0.3, -0.25) is 14.9 Å². The number of nitrogens with zero attached hydrogens (tertiary/aromatic N) is 4. The maximum absolute atomic E-state index is 13.0. The van der Waals surface area contributed by atoms with E-state index in [-0.39, 0.29) is 17.6 Å². The number of thioether (sulfide) groups is 1. The molecule has 4 rings (SSSR count). The monoisotopic (exact) mass is 430 g/mol. The Hall–Kier alpha value is -2.46. The molecule has 3 aromatic rings. The quantitative estimate of drug-likeness (QED) is 0.601. The largest absolute Gasteiger partial charge is 0.369 e. The highest BCUT2D eigenvalue weighted by Crippen LogP contribution is 2.32. The van der Waals surface area contributed by atoms with Crippen LogP contribution in [0.5, 0.6) is 0 Å². The van der Waals surface area contributed by atoms with Crippen LogP contribution >= 0.6 is 23.1 Å². The molecule has 0 aromatic carbocycles. The van der Waals surface area contributed by atoms with Crippen LogP contribution in [0.2, 0.25) is 0 Å². The van der Waals surface area contributed by atoms with Crippen LogP contribution < -0.4 is 11.1 Å². The summed E-state index contributed by atoms with van der Waals surface area (Å²) in [5.74, 6) is 0.539. The highest BCUT2D eigenvalue weighted by Gasteiger charge is 2.22. The van der Waals surface area contributed by atoms with Crippen LogP contribution in [0.25, 0.3) is 11.2 Å². The smallest absolute Gasteiger partial charge is 0.259 e. The Kier molecular flexibility index (Phi) is 5.55. The first-order chi connectivity index (χ1) is 13.9. The molecule has 152 valence electrons. The number of hydrogen-bond donors (Lipinski definition) is 2. The van der Waals surface area contributed by atoms with Crippen molar-refractivity contribution in [2.45, 2.75) is 50.3 Å². The van der Waals surface area contributed by atoms with Crippen molar-refractivity contribution in [1.29, 1.82) is 0 Å². The second kappa shape index (κ2) is 8.11. The van der Waals surface area contributed by atoms with Gasteiger partial charge >= 0.3 is 0 Å². The van der Waals surface area contributed by atoms with Crippen molar-refractivity contribution in [2.75, 3.05) is 11.1 Å². The van der Waals surface area contributed by atoms with E-state index in [2.05, 4.69) is 19.9 Å². The predicted octanol–water partition coefficient (Wildman–Crippen LogP) is 3.06. The standard InChI is InChI=1S/C19H22N6O2S2/c1-10-8-12(15-16(21-10)25-7-5-3-4-6-14(25)23-15)17(27)24-19-22-11(2)18(29-19)28-9-13(20)26/h8H,3-7,9H2,1-2H3,(H2,20,26)(H,22,24,27).